The third-order valence-electron chi connectivity index (χ3n) is 10.5. The quantitative estimate of drug-likeness (QED) is 0.0607. The Hall–Kier alpha value is -7.28. The number of aryl methyl sites for hydroxylation is 2. The average molecular weight is 858 g/mol. The number of carboxylic acids is 1. The number of nitrogens with zero attached hydrogens (tertiary/aromatic N) is 2. The molecule has 0 aliphatic carbocycles. The summed E-state index contributed by atoms with van der Waals surface area (Å²) in [5.41, 5.74) is 2.08. The van der Waals surface area contributed by atoms with Crippen LogP contribution in [0, 0.1) is 13.8 Å². The third kappa shape index (κ3) is 7.70. The molecule has 19 heteroatoms. The molecular weight excluding hydrogens is 819 g/mol. The Morgan fingerprint density at radius 1 is 0.885 bits per heavy atom. The van der Waals surface area contributed by atoms with Crippen LogP contribution in [-0.4, -0.2) is 103 Å². The first-order chi connectivity index (χ1) is 28.8. The fraction of sp³-hybridized carbons (Fsp3) is 0.262. The van der Waals surface area contributed by atoms with E-state index in [1.165, 1.54) is 34.9 Å². The first-order valence-corrected chi connectivity index (χ1v) is 19.4. The monoisotopic (exact) mass is 857 g/mol. The van der Waals surface area contributed by atoms with Gasteiger partial charge in [-0.15, -0.1) is 11.8 Å². The summed E-state index contributed by atoms with van der Waals surface area (Å²) < 4.78 is 16.0. The molecule has 0 spiro atoms. The molecule has 318 valence electrons. The van der Waals surface area contributed by atoms with Crippen LogP contribution in [0.5, 0.6) is 46.0 Å². The number of carboxylic acid groups (broad SMARTS) is 1. The molecule has 3 aliphatic heterocycles. The molecule has 2 fully saturated rings. The highest BCUT2D eigenvalue weighted by atomic mass is 32.2. The van der Waals surface area contributed by atoms with Gasteiger partial charge in [-0.1, -0.05) is 35.5 Å². The van der Waals surface area contributed by atoms with Gasteiger partial charge in [-0.25, -0.2) is 9.59 Å². The Morgan fingerprint density at radius 3 is 2.18 bits per heavy atom. The Balaban J connectivity index is 0.000000186. The van der Waals surface area contributed by atoms with Crippen LogP contribution in [0.25, 0.3) is 11.3 Å². The van der Waals surface area contributed by atoms with Crippen molar-refractivity contribution in [1.29, 1.82) is 0 Å². The second kappa shape index (κ2) is 15.7. The first-order valence-electron chi connectivity index (χ1n) is 18.5. The number of aliphatic carboxylic acids is 1. The van der Waals surface area contributed by atoms with E-state index in [0.29, 0.717) is 22.6 Å². The second-order valence-electron chi connectivity index (χ2n) is 15.1. The molecule has 61 heavy (non-hydrogen) atoms. The topological polar surface area (TPSA) is 290 Å². The smallest absolute Gasteiger partial charge is 0.338 e. The normalized spacial score (nSPS) is 20.8. The van der Waals surface area contributed by atoms with Crippen molar-refractivity contribution in [2.24, 2.45) is 0 Å². The summed E-state index contributed by atoms with van der Waals surface area (Å²) in [6, 6.07) is 14.4. The predicted molar refractivity (Wildman–Crippen MR) is 214 cm³/mol. The summed E-state index contributed by atoms with van der Waals surface area (Å²) in [5.74, 6) is -5.91. The van der Waals surface area contributed by atoms with Crippen molar-refractivity contribution in [1.82, 2.24) is 15.4 Å². The summed E-state index contributed by atoms with van der Waals surface area (Å²) >= 11 is 1.38. The van der Waals surface area contributed by atoms with Crippen LogP contribution in [0.1, 0.15) is 63.1 Å². The Kier molecular flexibility index (Phi) is 10.8. The zero-order valence-electron chi connectivity index (χ0n) is 32.7. The lowest BCUT2D eigenvalue weighted by molar-refractivity contribution is -0.159. The van der Waals surface area contributed by atoms with Crippen molar-refractivity contribution in [2.75, 3.05) is 0 Å². The average Bonchev–Trinajstić information content (AvgIpc) is 3.72. The highest BCUT2D eigenvalue weighted by Gasteiger charge is 2.64. The number of aromatic hydroxyl groups is 7. The Morgan fingerprint density at radius 2 is 1.54 bits per heavy atom. The van der Waals surface area contributed by atoms with Gasteiger partial charge in [0.05, 0.1) is 5.56 Å². The van der Waals surface area contributed by atoms with Crippen LogP contribution in [0.15, 0.2) is 71.3 Å². The lowest BCUT2D eigenvalue weighted by atomic mass is 9.92. The first kappa shape index (κ1) is 41.9. The molecule has 9 N–H and O–H groups in total. The SMILES string of the molecule is Cc1cc([C@H]2Oc3cc(O)cc(O)c3C[C@H]2OC(=O)c2cc(O)c(O)c(O)c2)cc(O)c1O.Cc1onc(-c2ccccc2)c1C(=O)N[C@@H]1C(=O)N2C(C(=O)O)C(C)(C)S[C@H]12. The van der Waals surface area contributed by atoms with Gasteiger partial charge in [0.15, 0.2) is 34.9 Å². The minimum atomic E-state index is -1.07. The standard InChI is InChI=1S/C23H20O10.C19H19N3O5S/c1-9-2-10(3-15(26)20(9)29)22-19(8-13-14(25)6-12(24)7-18(13)32-22)33-23(31)11-4-16(27)21(30)17(28)5-11;1-9-11(12(21-27-9)10-7-5-4-6-8-10)15(23)20-13-16(24)22-14(18(25)26)19(2,3)28-17(13)22/h2-7,19,22,24-30H,8H2,1H3;4-8,13-14,17H,1-3H3,(H,20,23)(H,25,26)/t19-,22-;13-,14?,17-/m11/s1. The van der Waals surface area contributed by atoms with E-state index < -0.39 is 75.3 Å². The minimum Gasteiger partial charge on any atom is -0.508 e. The summed E-state index contributed by atoms with van der Waals surface area (Å²) in [6.07, 6.45) is -2.14. The number of β-lactam (4-membered cyclic amide) rings is 1. The number of fused-ring (bicyclic) bond motifs is 2. The molecule has 18 nitrogen and oxygen atoms in total. The number of thioether (sulfide) groups is 1. The van der Waals surface area contributed by atoms with E-state index in [2.05, 4.69) is 10.5 Å². The maximum atomic E-state index is 12.9. The number of phenols is 7. The second-order valence-corrected chi connectivity index (χ2v) is 16.8. The zero-order valence-corrected chi connectivity index (χ0v) is 33.5. The molecular formula is C42H39N3O15S. The lowest BCUT2D eigenvalue weighted by Crippen LogP contribution is -2.70. The van der Waals surface area contributed by atoms with Crippen LogP contribution in [0.3, 0.4) is 0 Å². The highest BCUT2D eigenvalue weighted by molar-refractivity contribution is 8.01. The van der Waals surface area contributed by atoms with E-state index in [0.717, 1.165) is 23.8 Å². The molecule has 0 bridgehead atoms. The van der Waals surface area contributed by atoms with Gasteiger partial charge in [-0.2, -0.15) is 0 Å². The van der Waals surface area contributed by atoms with Crippen molar-refractivity contribution in [3.05, 3.63) is 100 Å². The van der Waals surface area contributed by atoms with E-state index in [9.17, 15) is 60.0 Å². The lowest BCUT2D eigenvalue weighted by Gasteiger charge is -2.43. The molecule has 4 aromatic carbocycles. The summed E-state index contributed by atoms with van der Waals surface area (Å²) in [5, 5.41) is 84.7. The number of aromatic nitrogens is 1. The largest absolute Gasteiger partial charge is 0.508 e. The fourth-order valence-corrected chi connectivity index (χ4v) is 9.13. The van der Waals surface area contributed by atoms with E-state index in [1.807, 2.05) is 30.3 Å². The fourth-order valence-electron chi connectivity index (χ4n) is 7.51. The highest BCUT2D eigenvalue weighted by Crippen LogP contribution is 2.51. The molecule has 5 atom stereocenters. The van der Waals surface area contributed by atoms with Crippen molar-refractivity contribution < 1.29 is 74.0 Å². The van der Waals surface area contributed by atoms with Gasteiger partial charge < -0.3 is 65.1 Å². The molecule has 8 rings (SSSR count). The van der Waals surface area contributed by atoms with E-state index in [4.69, 9.17) is 14.0 Å². The summed E-state index contributed by atoms with van der Waals surface area (Å²) in [7, 11) is 0. The van der Waals surface area contributed by atoms with E-state index in [-0.39, 0.29) is 52.0 Å². The van der Waals surface area contributed by atoms with Gasteiger partial charge in [0.1, 0.15) is 57.8 Å². The van der Waals surface area contributed by atoms with E-state index >= 15 is 0 Å². The van der Waals surface area contributed by atoms with Crippen molar-refractivity contribution in [3.8, 4) is 57.3 Å². The number of phenolic OH excluding ortho intramolecular Hbond substituents is 7. The number of hydrogen-bond donors (Lipinski definition) is 9. The van der Waals surface area contributed by atoms with Crippen LogP contribution in [-0.2, 0) is 20.7 Å². The van der Waals surface area contributed by atoms with Crippen LogP contribution in [0.2, 0.25) is 0 Å². The molecule has 3 aliphatic rings. The molecule has 4 heterocycles. The van der Waals surface area contributed by atoms with Gasteiger partial charge in [-0.3, -0.25) is 9.59 Å². The van der Waals surface area contributed by atoms with Gasteiger partial charge in [0.25, 0.3) is 5.91 Å². The van der Waals surface area contributed by atoms with Gasteiger partial charge in [0, 0.05) is 40.0 Å². The van der Waals surface area contributed by atoms with Crippen molar-refractivity contribution in [2.45, 2.75) is 68.5 Å². The molecule has 0 saturated carbocycles. The van der Waals surface area contributed by atoms with Gasteiger partial charge >= 0.3 is 11.9 Å². The molecule has 5 aromatic rings. The number of carbonyl (C=O) groups excluding carboxylic acids is 3. The van der Waals surface area contributed by atoms with Crippen LogP contribution >= 0.6 is 11.8 Å². The van der Waals surface area contributed by atoms with Crippen molar-refractivity contribution in [3.63, 3.8) is 0 Å². The number of ether oxygens (including phenoxy) is 2. The number of carbonyl (C=O) groups is 4. The Bertz CT molecular complexity index is 2550. The maximum Gasteiger partial charge on any atom is 0.338 e. The summed E-state index contributed by atoms with van der Waals surface area (Å²) in [6.45, 7) is 6.77. The number of benzene rings is 4. The predicted octanol–water partition coefficient (Wildman–Crippen LogP) is 4.73. The van der Waals surface area contributed by atoms with E-state index in [1.54, 1.807) is 27.7 Å². The van der Waals surface area contributed by atoms with Gasteiger partial charge in [0.2, 0.25) is 5.91 Å². The number of rotatable bonds is 7. The number of amides is 2. The molecule has 0 radical (unpaired) electrons. The maximum absolute atomic E-state index is 12.9. The van der Waals surface area contributed by atoms with Crippen molar-refractivity contribution >= 4 is 35.5 Å². The summed E-state index contributed by atoms with van der Waals surface area (Å²) in [4.78, 5) is 51.2. The Labute approximate surface area is 350 Å². The number of nitrogens with one attached hydrogen (secondary N) is 1. The zero-order chi connectivity index (χ0) is 44.2. The van der Waals surface area contributed by atoms with Gasteiger partial charge in [-0.05, 0) is 57.5 Å². The number of esters is 1. The third-order valence-corrected chi connectivity index (χ3v) is 12.0. The number of hydrogen-bond acceptors (Lipinski definition) is 16. The van der Waals surface area contributed by atoms with Crippen LogP contribution in [0.4, 0.5) is 0 Å². The molecule has 1 aromatic heterocycles. The molecule has 2 saturated heterocycles. The minimum absolute atomic E-state index is 0.0470. The van der Waals surface area contributed by atoms with Crippen LogP contribution < -0.4 is 10.1 Å². The molecule has 2 amide bonds. The molecule has 1 unspecified atom stereocenters.